The van der Waals surface area contributed by atoms with Crippen LogP contribution in [-0.2, 0) is 18.4 Å². The zero-order valence-electron chi connectivity index (χ0n) is 15.6. The summed E-state index contributed by atoms with van der Waals surface area (Å²) in [6, 6.07) is 10.7. The van der Waals surface area contributed by atoms with E-state index in [0.717, 1.165) is 15.7 Å². The number of amides is 1. The molecule has 0 aliphatic carbocycles. The monoisotopic (exact) mass is 514 g/mol. The molecule has 1 amide bonds. The molecule has 0 spiro atoms. The van der Waals surface area contributed by atoms with Gasteiger partial charge in [-0.25, -0.2) is 0 Å². The van der Waals surface area contributed by atoms with Gasteiger partial charge >= 0.3 is 0 Å². The van der Waals surface area contributed by atoms with E-state index < -0.39 is 0 Å². The first kappa shape index (κ1) is 22.0. The molecule has 1 heterocycles. The van der Waals surface area contributed by atoms with Crippen LogP contribution in [0.15, 0.2) is 46.0 Å². The van der Waals surface area contributed by atoms with Gasteiger partial charge in [0.05, 0.1) is 10.8 Å². The summed E-state index contributed by atoms with van der Waals surface area (Å²) in [5.74, 6) is 1.22. The number of thioether (sulfide) groups is 1. The molecule has 0 bridgehead atoms. The summed E-state index contributed by atoms with van der Waals surface area (Å²) in [5.41, 5.74) is 1.80. The number of aromatic nitrogens is 3. The highest BCUT2D eigenvalue weighted by atomic mass is 79.9. The Labute approximate surface area is 191 Å². The van der Waals surface area contributed by atoms with E-state index >= 15 is 0 Å². The predicted octanol–water partition coefficient (Wildman–Crippen LogP) is 5.50. The molecule has 6 nitrogen and oxygen atoms in total. The summed E-state index contributed by atoms with van der Waals surface area (Å²) < 4.78 is 8.47. The van der Waals surface area contributed by atoms with E-state index in [0.29, 0.717) is 26.8 Å². The van der Waals surface area contributed by atoms with Crippen LogP contribution in [0.3, 0.4) is 0 Å². The van der Waals surface area contributed by atoms with Gasteiger partial charge in [-0.1, -0.05) is 50.9 Å². The highest BCUT2D eigenvalue weighted by Gasteiger charge is 2.13. The second-order valence-corrected chi connectivity index (χ2v) is 8.76. The summed E-state index contributed by atoms with van der Waals surface area (Å²) in [5, 5.41) is 12.7. The predicted molar refractivity (Wildman–Crippen MR) is 120 cm³/mol. The summed E-state index contributed by atoms with van der Waals surface area (Å²) in [4.78, 5) is 12.2. The molecule has 0 fully saturated rings. The molecule has 3 rings (SSSR count). The van der Waals surface area contributed by atoms with Crippen molar-refractivity contribution in [2.75, 3.05) is 11.1 Å². The number of benzene rings is 2. The lowest BCUT2D eigenvalue weighted by Gasteiger charge is -2.09. The lowest BCUT2D eigenvalue weighted by molar-refractivity contribution is -0.113. The van der Waals surface area contributed by atoms with Gasteiger partial charge in [0, 0.05) is 22.2 Å². The van der Waals surface area contributed by atoms with E-state index in [1.165, 1.54) is 11.8 Å². The second-order valence-electron chi connectivity index (χ2n) is 6.12. The van der Waals surface area contributed by atoms with E-state index in [1.54, 1.807) is 22.8 Å². The van der Waals surface area contributed by atoms with Crippen molar-refractivity contribution < 1.29 is 9.53 Å². The maximum absolute atomic E-state index is 12.2. The third kappa shape index (κ3) is 5.88. The first-order valence-corrected chi connectivity index (χ1v) is 11.0. The van der Waals surface area contributed by atoms with Gasteiger partial charge < -0.3 is 14.6 Å². The van der Waals surface area contributed by atoms with Crippen molar-refractivity contribution >= 4 is 62.5 Å². The number of carbonyl (C=O) groups excluding carboxylic acids is 1. The average Bonchev–Trinajstić information content (AvgIpc) is 3.02. The van der Waals surface area contributed by atoms with Crippen molar-refractivity contribution in [2.45, 2.75) is 18.7 Å². The maximum Gasteiger partial charge on any atom is 0.234 e. The van der Waals surface area contributed by atoms with E-state index in [1.807, 2.05) is 32.2 Å². The van der Waals surface area contributed by atoms with Gasteiger partial charge in [-0.3, -0.25) is 4.79 Å². The Bertz CT molecular complexity index is 1050. The minimum Gasteiger partial charge on any atom is -0.484 e. The van der Waals surface area contributed by atoms with Crippen LogP contribution in [0.2, 0.25) is 10.0 Å². The Morgan fingerprint density at radius 3 is 2.76 bits per heavy atom. The Kier molecular flexibility index (Phi) is 7.45. The minimum atomic E-state index is -0.120. The highest BCUT2D eigenvalue weighted by molar-refractivity contribution is 9.10. The molecule has 0 saturated heterocycles. The van der Waals surface area contributed by atoms with Crippen molar-refractivity contribution in [1.29, 1.82) is 0 Å². The van der Waals surface area contributed by atoms with E-state index in [2.05, 4.69) is 31.4 Å². The fraction of sp³-hybridized carbons (Fsp3) is 0.211. The first-order chi connectivity index (χ1) is 13.8. The number of hydrogen-bond donors (Lipinski definition) is 1. The lowest BCUT2D eigenvalue weighted by Crippen LogP contribution is -2.14. The van der Waals surface area contributed by atoms with Crippen LogP contribution in [-0.4, -0.2) is 26.4 Å². The number of aryl methyl sites for hydroxylation is 1. The Morgan fingerprint density at radius 2 is 2.03 bits per heavy atom. The van der Waals surface area contributed by atoms with Crippen LogP contribution in [0, 0.1) is 6.92 Å². The van der Waals surface area contributed by atoms with E-state index in [9.17, 15) is 4.79 Å². The van der Waals surface area contributed by atoms with Crippen molar-refractivity contribution in [2.24, 2.45) is 7.05 Å². The maximum atomic E-state index is 12.2. The molecule has 1 aromatic heterocycles. The highest BCUT2D eigenvalue weighted by Crippen LogP contribution is 2.28. The lowest BCUT2D eigenvalue weighted by atomic mass is 10.2. The number of nitrogens with one attached hydrogen (secondary N) is 1. The van der Waals surface area contributed by atoms with Crippen LogP contribution in [0.5, 0.6) is 5.75 Å². The second kappa shape index (κ2) is 9.84. The Morgan fingerprint density at radius 1 is 1.24 bits per heavy atom. The van der Waals surface area contributed by atoms with Gasteiger partial charge in [0.2, 0.25) is 5.91 Å². The van der Waals surface area contributed by atoms with Crippen molar-refractivity contribution in [3.05, 3.63) is 62.3 Å². The number of ether oxygens (including phenoxy) is 1. The van der Waals surface area contributed by atoms with Crippen LogP contribution in [0.1, 0.15) is 11.4 Å². The fourth-order valence-electron chi connectivity index (χ4n) is 2.38. The Balaban J connectivity index is 1.55. The summed E-state index contributed by atoms with van der Waals surface area (Å²) >= 11 is 16.7. The first-order valence-electron chi connectivity index (χ1n) is 8.48. The summed E-state index contributed by atoms with van der Waals surface area (Å²) in [7, 11) is 1.82. The topological polar surface area (TPSA) is 69.0 Å². The van der Waals surface area contributed by atoms with Crippen LogP contribution in [0.25, 0.3) is 0 Å². The molecule has 0 radical (unpaired) electrons. The molecule has 29 heavy (non-hydrogen) atoms. The summed E-state index contributed by atoms with van der Waals surface area (Å²) in [6.07, 6.45) is 0. The van der Waals surface area contributed by atoms with E-state index in [-0.39, 0.29) is 18.3 Å². The van der Waals surface area contributed by atoms with Crippen molar-refractivity contribution in [3.8, 4) is 5.75 Å². The number of carbonyl (C=O) groups is 1. The van der Waals surface area contributed by atoms with Crippen LogP contribution >= 0.6 is 50.9 Å². The number of rotatable bonds is 7. The van der Waals surface area contributed by atoms with Crippen molar-refractivity contribution in [1.82, 2.24) is 14.8 Å². The molecule has 0 unspecified atom stereocenters. The number of nitrogens with zero attached hydrogens (tertiary/aromatic N) is 3. The van der Waals surface area contributed by atoms with E-state index in [4.69, 9.17) is 27.9 Å². The molecule has 3 aromatic rings. The largest absolute Gasteiger partial charge is 0.484 e. The molecule has 1 N–H and O–H groups in total. The third-order valence-electron chi connectivity index (χ3n) is 3.95. The summed E-state index contributed by atoms with van der Waals surface area (Å²) in [6.45, 7) is 2.16. The van der Waals surface area contributed by atoms with Crippen LogP contribution < -0.4 is 10.1 Å². The molecule has 152 valence electrons. The zero-order valence-corrected chi connectivity index (χ0v) is 19.5. The van der Waals surface area contributed by atoms with Gasteiger partial charge in [0.1, 0.15) is 12.4 Å². The number of anilines is 1. The number of halogens is 3. The third-order valence-corrected chi connectivity index (χ3v) is 6.39. The normalized spacial score (nSPS) is 10.8. The van der Waals surface area contributed by atoms with Gasteiger partial charge in [0.15, 0.2) is 11.0 Å². The molecule has 0 atom stereocenters. The SMILES string of the molecule is Cc1cc(NC(=O)CSc2nnc(COc3ccc(Cl)cc3Cl)n2C)ccc1Br. The molecular formula is C19H17BrCl2N4O2S. The smallest absolute Gasteiger partial charge is 0.234 e. The molecule has 2 aromatic carbocycles. The van der Waals surface area contributed by atoms with Crippen molar-refractivity contribution in [3.63, 3.8) is 0 Å². The molecule has 0 saturated carbocycles. The van der Waals surface area contributed by atoms with Gasteiger partial charge in [0.25, 0.3) is 0 Å². The average molecular weight is 516 g/mol. The zero-order chi connectivity index (χ0) is 21.0. The molecular weight excluding hydrogens is 499 g/mol. The van der Waals surface area contributed by atoms with Gasteiger partial charge in [-0.2, -0.15) is 0 Å². The fourth-order valence-corrected chi connectivity index (χ4v) is 3.82. The molecule has 0 aliphatic heterocycles. The molecule has 10 heteroatoms. The standard InChI is InChI=1S/C19H17BrCl2N4O2S/c1-11-7-13(4-5-14(11)20)23-18(27)10-29-19-25-24-17(26(19)2)9-28-16-6-3-12(21)8-15(16)22/h3-8H,9-10H2,1-2H3,(H,23,27). The van der Waals surface area contributed by atoms with Crippen LogP contribution in [0.4, 0.5) is 5.69 Å². The minimum absolute atomic E-state index is 0.120. The van der Waals surface area contributed by atoms with Gasteiger partial charge in [-0.15, -0.1) is 10.2 Å². The van der Waals surface area contributed by atoms with Gasteiger partial charge in [-0.05, 0) is 48.9 Å². The number of hydrogen-bond acceptors (Lipinski definition) is 5. The molecule has 0 aliphatic rings. The Hall–Kier alpha value is -1.74. The quantitative estimate of drug-likeness (QED) is 0.420.